The molecule has 0 saturated heterocycles. The van der Waals surface area contributed by atoms with Crippen LogP contribution in [0.2, 0.25) is 0 Å². The van der Waals surface area contributed by atoms with Crippen LogP contribution < -0.4 is 5.32 Å². The molecule has 1 unspecified atom stereocenters. The zero-order chi connectivity index (χ0) is 22.0. The van der Waals surface area contributed by atoms with Crippen molar-refractivity contribution in [2.24, 2.45) is 11.8 Å². The van der Waals surface area contributed by atoms with Gasteiger partial charge in [0.05, 0.1) is 0 Å². The summed E-state index contributed by atoms with van der Waals surface area (Å²) in [5.74, 6) is 2.50. The molecule has 2 aromatic carbocycles. The van der Waals surface area contributed by atoms with E-state index in [9.17, 15) is 0 Å². The number of furan rings is 1. The third-order valence-corrected chi connectivity index (χ3v) is 6.49. The third-order valence-electron chi connectivity index (χ3n) is 6.49. The van der Waals surface area contributed by atoms with Crippen LogP contribution in [0, 0.1) is 11.8 Å². The molecule has 30 heavy (non-hydrogen) atoms. The predicted octanol–water partition coefficient (Wildman–Crippen LogP) is 8.33. The highest BCUT2D eigenvalue weighted by Crippen LogP contribution is 2.40. The third kappa shape index (κ3) is 4.43. The Kier molecular flexibility index (Phi) is 6.95. The molecule has 0 fully saturated rings. The van der Waals surface area contributed by atoms with Gasteiger partial charge in [-0.3, -0.25) is 0 Å². The summed E-state index contributed by atoms with van der Waals surface area (Å²) >= 11 is 0. The molecule has 0 aliphatic heterocycles. The summed E-state index contributed by atoms with van der Waals surface area (Å²) in [4.78, 5) is 0. The average molecular weight is 406 g/mol. The van der Waals surface area contributed by atoms with E-state index in [1.54, 1.807) is 0 Å². The summed E-state index contributed by atoms with van der Waals surface area (Å²) in [7, 11) is 1.96. The molecule has 2 heteroatoms. The number of fused-ring (bicyclic) bond motifs is 3. The van der Waals surface area contributed by atoms with Crippen molar-refractivity contribution in [2.75, 3.05) is 7.05 Å². The van der Waals surface area contributed by atoms with Crippen molar-refractivity contribution in [3.05, 3.63) is 59.3 Å². The molecule has 3 rings (SSSR count). The predicted molar refractivity (Wildman–Crippen MR) is 131 cm³/mol. The van der Waals surface area contributed by atoms with Crippen LogP contribution in [0.25, 0.3) is 21.9 Å². The van der Waals surface area contributed by atoms with Gasteiger partial charge in [-0.25, -0.2) is 0 Å². The second-order valence-corrected chi connectivity index (χ2v) is 9.81. The fraction of sp³-hybridized carbons (Fsp3) is 0.500. The smallest absolute Gasteiger partial charge is 0.138 e. The van der Waals surface area contributed by atoms with Crippen LogP contribution in [0.4, 0.5) is 0 Å². The highest BCUT2D eigenvalue weighted by Gasteiger charge is 2.22. The number of hydrogen-bond acceptors (Lipinski definition) is 2. The molecular formula is C28H39NO. The molecule has 0 aliphatic carbocycles. The SMILES string of the molecule is CN/C=C\C(C[C@H](C)c1cccc2c1oc1c(C(C)C)cc(C(C)C)cc12)C(C)C. The minimum Gasteiger partial charge on any atom is -0.455 e. The zero-order valence-electron chi connectivity index (χ0n) is 20.0. The number of allylic oxidation sites excluding steroid dienone is 1. The summed E-state index contributed by atoms with van der Waals surface area (Å²) < 4.78 is 6.62. The van der Waals surface area contributed by atoms with Gasteiger partial charge in [0, 0.05) is 17.8 Å². The molecule has 162 valence electrons. The van der Waals surface area contributed by atoms with Crippen LogP contribution in [0.3, 0.4) is 0 Å². The Morgan fingerprint density at radius 3 is 2.17 bits per heavy atom. The maximum absolute atomic E-state index is 6.62. The van der Waals surface area contributed by atoms with Crippen LogP contribution in [-0.4, -0.2) is 7.05 Å². The largest absolute Gasteiger partial charge is 0.455 e. The first kappa shape index (κ1) is 22.5. The van der Waals surface area contributed by atoms with Crippen molar-refractivity contribution in [3.63, 3.8) is 0 Å². The van der Waals surface area contributed by atoms with Gasteiger partial charge < -0.3 is 9.73 Å². The van der Waals surface area contributed by atoms with E-state index < -0.39 is 0 Å². The first-order chi connectivity index (χ1) is 14.2. The van der Waals surface area contributed by atoms with Crippen molar-refractivity contribution in [2.45, 2.75) is 72.6 Å². The molecule has 2 atom stereocenters. The van der Waals surface area contributed by atoms with Gasteiger partial charge in [0.15, 0.2) is 0 Å². The van der Waals surface area contributed by atoms with Crippen molar-refractivity contribution in [1.29, 1.82) is 0 Å². The van der Waals surface area contributed by atoms with Crippen molar-refractivity contribution < 1.29 is 4.42 Å². The Bertz CT molecular complexity index is 1020. The summed E-state index contributed by atoms with van der Waals surface area (Å²) in [5.41, 5.74) is 6.18. The van der Waals surface area contributed by atoms with E-state index in [-0.39, 0.29) is 0 Å². The average Bonchev–Trinajstić information content (AvgIpc) is 3.08. The Labute approximate surface area is 182 Å². The lowest BCUT2D eigenvalue weighted by Gasteiger charge is -2.22. The molecule has 0 spiro atoms. The van der Waals surface area contributed by atoms with Gasteiger partial charge in [0.25, 0.3) is 0 Å². The van der Waals surface area contributed by atoms with Crippen LogP contribution in [-0.2, 0) is 0 Å². The first-order valence-corrected chi connectivity index (χ1v) is 11.6. The van der Waals surface area contributed by atoms with E-state index >= 15 is 0 Å². The van der Waals surface area contributed by atoms with E-state index in [1.165, 1.54) is 27.5 Å². The molecule has 0 saturated carbocycles. The van der Waals surface area contributed by atoms with Gasteiger partial charge in [-0.05, 0) is 65.0 Å². The Morgan fingerprint density at radius 1 is 0.867 bits per heavy atom. The second-order valence-electron chi connectivity index (χ2n) is 9.81. The molecule has 1 aromatic heterocycles. The van der Waals surface area contributed by atoms with E-state index in [1.807, 2.05) is 7.05 Å². The standard InChI is InChI=1S/C28H39NO/c1-17(2)21(12-13-29-8)14-20(7)23-10-9-11-24-26-16-22(18(3)4)15-25(19(5)6)28(26)30-27(23)24/h9-13,15-21,29H,14H2,1-8H3/b13-12-/t20-,21?/m0/s1. The molecule has 3 aromatic rings. The number of hydrogen-bond donors (Lipinski definition) is 1. The van der Waals surface area contributed by atoms with Crippen LogP contribution in [0.15, 0.2) is 47.0 Å². The molecule has 0 radical (unpaired) electrons. The summed E-state index contributed by atoms with van der Waals surface area (Å²) in [5, 5.41) is 5.67. The number of para-hydroxylation sites is 1. The quantitative estimate of drug-likeness (QED) is 0.407. The van der Waals surface area contributed by atoms with Crippen LogP contribution in [0.5, 0.6) is 0 Å². The van der Waals surface area contributed by atoms with Gasteiger partial charge in [0.2, 0.25) is 0 Å². The number of benzene rings is 2. The highest BCUT2D eigenvalue weighted by molar-refractivity contribution is 6.07. The lowest BCUT2D eigenvalue weighted by Crippen LogP contribution is -2.11. The van der Waals surface area contributed by atoms with Crippen LogP contribution in [0.1, 0.15) is 89.3 Å². The lowest BCUT2D eigenvalue weighted by molar-refractivity contribution is 0.407. The molecule has 1 N–H and O–H groups in total. The Morgan fingerprint density at radius 2 is 1.57 bits per heavy atom. The first-order valence-electron chi connectivity index (χ1n) is 11.6. The van der Waals surface area contributed by atoms with E-state index in [0.29, 0.717) is 29.6 Å². The molecular weight excluding hydrogens is 366 g/mol. The van der Waals surface area contributed by atoms with Crippen molar-refractivity contribution >= 4 is 21.9 Å². The van der Waals surface area contributed by atoms with Crippen molar-refractivity contribution in [3.8, 4) is 0 Å². The Hall–Kier alpha value is -2.22. The second kappa shape index (κ2) is 9.29. The van der Waals surface area contributed by atoms with Gasteiger partial charge in [-0.1, -0.05) is 78.8 Å². The highest BCUT2D eigenvalue weighted by atomic mass is 16.3. The topological polar surface area (TPSA) is 25.2 Å². The maximum Gasteiger partial charge on any atom is 0.138 e. The molecule has 0 bridgehead atoms. The van der Waals surface area contributed by atoms with Gasteiger partial charge in [-0.15, -0.1) is 0 Å². The van der Waals surface area contributed by atoms with Gasteiger partial charge in [0.1, 0.15) is 11.2 Å². The summed E-state index contributed by atoms with van der Waals surface area (Å²) in [6, 6.07) is 11.4. The number of nitrogens with one attached hydrogen (secondary N) is 1. The molecule has 0 amide bonds. The van der Waals surface area contributed by atoms with E-state index in [2.05, 4.69) is 96.4 Å². The zero-order valence-corrected chi connectivity index (χ0v) is 20.0. The molecule has 0 aliphatic rings. The minimum atomic E-state index is 0.426. The normalized spacial score (nSPS) is 14.6. The fourth-order valence-corrected chi connectivity index (χ4v) is 4.45. The molecule has 1 heterocycles. The minimum absolute atomic E-state index is 0.426. The fourth-order valence-electron chi connectivity index (χ4n) is 4.45. The summed E-state index contributed by atoms with van der Waals surface area (Å²) in [6.45, 7) is 16.0. The number of rotatable bonds is 8. The molecule has 2 nitrogen and oxygen atoms in total. The van der Waals surface area contributed by atoms with Crippen molar-refractivity contribution in [1.82, 2.24) is 5.32 Å². The van der Waals surface area contributed by atoms with Crippen LogP contribution >= 0.6 is 0 Å². The summed E-state index contributed by atoms with van der Waals surface area (Å²) in [6.07, 6.45) is 5.49. The Balaban J connectivity index is 2.13. The maximum atomic E-state index is 6.62. The monoisotopic (exact) mass is 405 g/mol. The lowest BCUT2D eigenvalue weighted by atomic mass is 9.83. The van der Waals surface area contributed by atoms with E-state index in [4.69, 9.17) is 4.42 Å². The van der Waals surface area contributed by atoms with Gasteiger partial charge >= 0.3 is 0 Å². The van der Waals surface area contributed by atoms with Gasteiger partial charge in [-0.2, -0.15) is 0 Å². The van der Waals surface area contributed by atoms with E-state index in [0.717, 1.165) is 17.6 Å².